The third-order valence-corrected chi connectivity index (χ3v) is 4.74. The molecular weight excluding hydrogens is 420 g/mol. The van der Waals surface area contributed by atoms with E-state index in [1.165, 1.54) is 12.3 Å². The van der Waals surface area contributed by atoms with E-state index in [1.807, 2.05) is 35.0 Å². The van der Waals surface area contributed by atoms with E-state index in [4.69, 9.17) is 16.8 Å². The van der Waals surface area contributed by atoms with Crippen LogP contribution in [0.3, 0.4) is 0 Å². The lowest BCUT2D eigenvalue weighted by atomic mass is 10.1. The van der Waals surface area contributed by atoms with Crippen LogP contribution in [-0.4, -0.2) is 42.8 Å². The number of hydrogen-bond acceptors (Lipinski definition) is 8. The van der Waals surface area contributed by atoms with Crippen LogP contribution in [0.2, 0.25) is 5.02 Å². The van der Waals surface area contributed by atoms with Crippen LogP contribution >= 0.6 is 11.6 Å². The number of anilines is 2. The highest BCUT2D eigenvalue weighted by Gasteiger charge is 2.14. The molecule has 3 aromatic heterocycles. The van der Waals surface area contributed by atoms with Gasteiger partial charge < -0.3 is 20.4 Å². The number of nitrogens with one attached hydrogen (secondary N) is 3. The van der Waals surface area contributed by atoms with Crippen LogP contribution in [0.15, 0.2) is 67.5 Å². The molecule has 0 fully saturated rings. The van der Waals surface area contributed by atoms with Gasteiger partial charge in [-0.1, -0.05) is 29.8 Å². The summed E-state index contributed by atoms with van der Waals surface area (Å²) in [4.78, 5) is 17.2. The molecule has 1 aromatic carbocycles. The Hall–Kier alpha value is -3.57. The Kier molecular flexibility index (Phi) is 6.34. The number of pyridine rings is 1. The minimum absolute atomic E-state index is 0.141. The molecule has 158 valence electrons. The second kappa shape index (κ2) is 9.49. The molecule has 4 aromatic rings. The number of nitrogens with zero attached hydrogens (tertiary/aromatic N) is 5. The van der Waals surface area contributed by atoms with Gasteiger partial charge in [0.25, 0.3) is 0 Å². The molecule has 31 heavy (non-hydrogen) atoms. The van der Waals surface area contributed by atoms with Gasteiger partial charge in [-0.3, -0.25) is 0 Å². The predicted molar refractivity (Wildman–Crippen MR) is 117 cm³/mol. The molecule has 0 spiro atoms. The lowest BCUT2D eigenvalue weighted by Gasteiger charge is -2.13. The Balaban J connectivity index is 1.46. The van der Waals surface area contributed by atoms with Crippen LogP contribution in [0.5, 0.6) is 0 Å². The lowest BCUT2D eigenvalue weighted by Crippen LogP contribution is -2.99. The predicted octanol–water partition coefficient (Wildman–Crippen LogP) is 2.31. The summed E-state index contributed by atoms with van der Waals surface area (Å²) >= 11 is 6.41. The SMILES string of the molecule is [O-][NH+](O)c1ccc(NCCNc2ncc(-n3ccnc3)c(-c3ccccc3Cl)n2)nc1. The van der Waals surface area contributed by atoms with Crippen molar-refractivity contribution in [2.24, 2.45) is 0 Å². The van der Waals surface area contributed by atoms with Gasteiger partial charge in [0.1, 0.15) is 11.5 Å². The van der Waals surface area contributed by atoms with Crippen LogP contribution in [0.1, 0.15) is 0 Å². The molecule has 0 saturated heterocycles. The first-order valence-electron chi connectivity index (χ1n) is 9.39. The van der Waals surface area contributed by atoms with Crippen LogP contribution in [0.4, 0.5) is 17.5 Å². The van der Waals surface area contributed by atoms with E-state index < -0.39 is 5.23 Å². The molecule has 11 heteroatoms. The number of imidazole rings is 1. The Bertz CT molecular complexity index is 1140. The van der Waals surface area contributed by atoms with Gasteiger partial charge in [0, 0.05) is 37.1 Å². The van der Waals surface area contributed by atoms with Crippen molar-refractivity contribution in [3.63, 3.8) is 0 Å². The second-order valence-electron chi connectivity index (χ2n) is 6.47. The lowest BCUT2D eigenvalue weighted by molar-refractivity contribution is -0.991. The van der Waals surface area contributed by atoms with E-state index in [-0.39, 0.29) is 5.69 Å². The normalized spacial score (nSPS) is 11.8. The molecule has 0 saturated carbocycles. The Labute approximate surface area is 182 Å². The smallest absolute Gasteiger partial charge is 0.223 e. The van der Waals surface area contributed by atoms with E-state index in [9.17, 15) is 5.21 Å². The van der Waals surface area contributed by atoms with Crippen molar-refractivity contribution in [1.82, 2.24) is 24.5 Å². The maximum absolute atomic E-state index is 10.9. The molecule has 0 aliphatic heterocycles. The maximum atomic E-state index is 10.9. The molecule has 0 aliphatic rings. The van der Waals surface area contributed by atoms with Crippen molar-refractivity contribution < 1.29 is 10.4 Å². The Morgan fingerprint density at radius 2 is 1.90 bits per heavy atom. The topological polar surface area (TPSA) is 128 Å². The number of quaternary nitrogens is 1. The molecule has 10 nitrogen and oxygen atoms in total. The van der Waals surface area contributed by atoms with Gasteiger partial charge in [0.05, 0.1) is 29.4 Å². The molecule has 0 aliphatic carbocycles. The van der Waals surface area contributed by atoms with Crippen molar-refractivity contribution in [2.45, 2.75) is 0 Å². The van der Waals surface area contributed by atoms with Crippen LogP contribution in [0, 0.1) is 5.21 Å². The third kappa shape index (κ3) is 4.95. The minimum atomic E-state index is -1.01. The third-order valence-electron chi connectivity index (χ3n) is 4.41. The Morgan fingerprint density at radius 1 is 1.06 bits per heavy atom. The fraction of sp³-hybridized carbons (Fsp3) is 0.100. The molecule has 4 rings (SSSR count). The summed E-state index contributed by atoms with van der Waals surface area (Å²) in [7, 11) is 0. The average Bonchev–Trinajstić information content (AvgIpc) is 3.32. The molecule has 0 bridgehead atoms. The van der Waals surface area contributed by atoms with Gasteiger partial charge in [-0.2, -0.15) is 5.23 Å². The van der Waals surface area contributed by atoms with E-state index in [1.54, 1.807) is 24.8 Å². The first-order chi connectivity index (χ1) is 15.1. The summed E-state index contributed by atoms with van der Waals surface area (Å²) in [6.45, 7) is 1.06. The van der Waals surface area contributed by atoms with Gasteiger partial charge in [-0.15, -0.1) is 0 Å². The van der Waals surface area contributed by atoms with Gasteiger partial charge >= 0.3 is 0 Å². The first kappa shape index (κ1) is 20.7. The summed E-state index contributed by atoms with van der Waals surface area (Å²) in [5.74, 6) is 1.04. The highest BCUT2D eigenvalue weighted by molar-refractivity contribution is 6.33. The maximum Gasteiger partial charge on any atom is 0.223 e. The van der Waals surface area contributed by atoms with Crippen molar-refractivity contribution >= 4 is 29.1 Å². The zero-order valence-electron chi connectivity index (χ0n) is 16.2. The van der Waals surface area contributed by atoms with Gasteiger partial charge in [-0.05, 0) is 12.1 Å². The van der Waals surface area contributed by atoms with E-state index in [0.29, 0.717) is 35.6 Å². The summed E-state index contributed by atoms with van der Waals surface area (Å²) in [6, 6.07) is 10.6. The molecule has 0 radical (unpaired) electrons. The number of aromatic nitrogens is 5. The minimum Gasteiger partial charge on any atom is -0.595 e. The van der Waals surface area contributed by atoms with Crippen LogP contribution in [-0.2, 0) is 0 Å². The summed E-state index contributed by atoms with van der Waals surface area (Å²) in [6.07, 6.45) is 8.21. The van der Waals surface area contributed by atoms with Gasteiger partial charge in [0.2, 0.25) is 5.95 Å². The standard InChI is InChI=1S/C20H19ClN8O2/c21-16-4-2-1-3-15(16)19-17(28-10-9-22-13-28)12-26-20(27-19)24-8-7-23-18-6-5-14(11-25-18)29(30)31/h1-6,9-13,29-30H,7-8H2,(H,23,25)(H,24,26,27). The average molecular weight is 439 g/mol. The number of benzene rings is 1. The molecule has 0 amide bonds. The first-order valence-corrected chi connectivity index (χ1v) is 9.77. The summed E-state index contributed by atoms with van der Waals surface area (Å²) in [5.41, 5.74) is 2.37. The number of halogens is 1. The van der Waals surface area contributed by atoms with Crippen molar-refractivity contribution in [3.05, 3.63) is 77.7 Å². The largest absolute Gasteiger partial charge is 0.595 e. The highest BCUT2D eigenvalue weighted by Crippen LogP contribution is 2.31. The van der Waals surface area contributed by atoms with Gasteiger partial charge in [0.15, 0.2) is 5.69 Å². The number of rotatable bonds is 8. The zero-order valence-corrected chi connectivity index (χ0v) is 17.0. The van der Waals surface area contributed by atoms with Crippen molar-refractivity contribution in [3.8, 4) is 16.9 Å². The molecule has 3 heterocycles. The fourth-order valence-corrected chi connectivity index (χ4v) is 3.12. The molecular formula is C20H19ClN8O2. The fourth-order valence-electron chi connectivity index (χ4n) is 2.89. The molecule has 1 atom stereocenters. The zero-order chi connectivity index (χ0) is 21.6. The monoisotopic (exact) mass is 438 g/mol. The van der Waals surface area contributed by atoms with Crippen molar-refractivity contribution in [1.29, 1.82) is 0 Å². The van der Waals surface area contributed by atoms with Gasteiger partial charge in [-0.25, -0.2) is 25.1 Å². The van der Waals surface area contributed by atoms with E-state index >= 15 is 0 Å². The second-order valence-corrected chi connectivity index (χ2v) is 6.88. The highest BCUT2D eigenvalue weighted by atomic mass is 35.5. The van der Waals surface area contributed by atoms with Crippen molar-refractivity contribution in [2.75, 3.05) is 23.7 Å². The van der Waals surface area contributed by atoms with Crippen LogP contribution in [0.25, 0.3) is 16.9 Å². The number of hydrogen-bond donors (Lipinski definition) is 4. The quantitative estimate of drug-likeness (QED) is 0.244. The summed E-state index contributed by atoms with van der Waals surface area (Å²) in [5, 5.41) is 25.7. The van der Waals surface area contributed by atoms with Crippen LogP contribution < -0.4 is 15.9 Å². The van der Waals surface area contributed by atoms with E-state index in [2.05, 4.69) is 30.6 Å². The molecule has 4 N–H and O–H groups in total. The summed E-state index contributed by atoms with van der Waals surface area (Å²) < 4.78 is 1.83. The Morgan fingerprint density at radius 3 is 2.61 bits per heavy atom. The van der Waals surface area contributed by atoms with E-state index in [0.717, 1.165) is 11.3 Å². The molecule has 1 unspecified atom stereocenters.